The zero-order valence-electron chi connectivity index (χ0n) is 12.1. The first kappa shape index (κ1) is 13.4. The van der Waals surface area contributed by atoms with Gasteiger partial charge >= 0.3 is 0 Å². The van der Waals surface area contributed by atoms with Crippen molar-refractivity contribution in [3.63, 3.8) is 0 Å². The third-order valence-electron chi connectivity index (χ3n) is 3.31. The molecule has 0 atom stereocenters. The van der Waals surface area contributed by atoms with E-state index in [9.17, 15) is 0 Å². The van der Waals surface area contributed by atoms with Gasteiger partial charge < -0.3 is 10.1 Å². The maximum Gasteiger partial charge on any atom is 0.145 e. The summed E-state index contributed by atoms with van der Waals surface area (Å²) < 4.78 is 5.37. The molecule has 21 heavy (non-hydrogen) atoms. The number of hydrogen-bond donors (Lipinski definition) is 1. The van der Waals surface area contributed by atoms with E-state index in [-0.39, 0.29) is 0 Å². The van der Waals surface area contributed by atoms with Crippen LogP contribution < -0.4 is 10.1 Å². The molecular formula is C17H17N3O. The van der Waals surface area contributed by atoms with Gasteiger partial charge in [-0.25, -0.2) is 4.98 Å². The summed E-state index contributed by atoms with van der Waals surface area (Å²) in [6.45, 7) is 2.68. The van der Waals surface area contributed by atoms with E-state index in [4.69, 9.17) is 4.74 Å². The van der Waals surface area contributed by atoms with Gasteiger partial charge in [-0.15, -0.1) is 0 Å². The molecule has 0 spiro atoms. The van der Waals surface area contributed by atoms with Crippen LogP contribution in [-0.2, 0) is 6.54 Å². The highest BCUT2D eigenvalue weighted by Crippen LogP contribution is 2.23. The van der Waals surface area contributed by atoms with Gasteiger partial charge in [0, 0.05) is 17.8 Å². The van der Waals surface area contributed by atoms with Crippen molar-refractivity contribution < 1.29 is 4.74 Å². The molecule has 0 radical (unpaired) electrons. The molecule has 0 unspecified atom stereocenters. The van der Waals surface area contributed by atoms with Crippen molar-refractivity contribution in [2.75, 3.05) is 12.4 Å². The first-order valence-electron chi connectivity index (χ1n) is 6.84. The number of methoxy groups -OCH3 is 1. The fourth-order valence-corrected chi connectivity index (χ4v) is 2.27. The van der Waals surface area contributed by atoms with E-state index in [1.54, 1.807) is 7.11 Å². The Morgan fingerprint density at radius 3 is 2.86 bits per heavy atom. The van der Waals surface area contributed by atoms with Gasteiger partial charge in [0.25, 0.3) is 0 Å². The highest BCUT2D eigenvalue weighted by molar-refractivity contribution is 5.84. The summed E-state index contributed by atoms with van der Waals surface area (Å²) in [7, 11) is 1.67. The lowest BCUT2D eigenvalue weighted by Gasteiger charge is -2.09. The first-order valence-corrected chi connectivity index (χ1v) is 6.84. The second-order valence-electron chi connectivity index (χ2n) is 4.94. The van der Waals surface area contributed by atoms with Gasteiger partial charge in [-0.05, 0) is 30.7 Å². The van der Waals surface area contributed by atoms with Crippen molar-refractivity contribution in [2.24, 2.45) is 0 Å². The molecule has 2 aromatic heterocycles. The standard InChI is InChI=1S/C17H17N3O/c1-12-8-15(10-18-9-12)19-11-14-7-6-13-4-3-5-16(21-2)17(13)20-14/h3-10,19H,11H2,1-2H3. The van der Waals surface area contributed by atoms with Gasteiger partial charge in [-0.2, -0.15) is 0 Å². The van der Waals surface area contributed by atoms with Crippen LogP contribution in [0.3, 0.4) is 0 Å². The van der Waals surface area contributed by atoms with Crippen LogP contribution in [0.25, 0.3) is 10.9 Å². The van der Waals surface area contributed by atoms with Crippen LogP contribution >= 0.6 is 0 Å². The van der Waals surface area contributed by atoms with Crippen LogP contribution in [0.15, 0.2) is 48.8 Å². The van der Waals surface area contributed by atoms with E-state index < -0.39 is 0 Å². The minimum absolute atomic E-state index is 0.652. The van der Waals surface area contributed by atoms with Gasteiger partial charge in [-0.3, -0.25) is 4.98 Å². The largest absolute Gasteiger partial charge is 0.494 e. The molecule has 0 aliphatic rings. The number of aryl methyl sites for hydroxylation is 1. The van der Waals surface area contributed by atoms with Crippen LogP contribution in [-0.4, -0.2) is 17.1 Å². The van der Waals surface area contributed by atoms with Crippen LogP contribution in [0, 0.1) is 6.92 Å². The van der Waals surface area contributed by atoms with Crippen molar-refractivity contribution >= 4 is 16.6 Å². The number of pyridine rings is 2. The highest BCUT2D eigenvalue weighted by atomic mass is 16.5. The van der Waals surface area contributed by atoms with Gasteiger partial charge in [0.15, 0.2) is 0 Å². The number of fused-ring (bicyclic) bond motifs is 1. The lowest BCUT2D eigenvalue weighted by Crippen LogP contribution is -2.02. The number of nitrogens with one attached hydrogen (secondary N) is 1. The Morgan fingerprint density at radius 1 is 1.14 bits per heavy atom. The summed E-state index contributed by atoms with van der Waals surface area (Å²) in [4.78, 5) is 8.85. The van der Waals surface area contributed by atoms with Crippen molar-refractivity contribution in [3.05, 3.63) is 60.0 Å². The van der Waals surface area contributed by atoms with Gasteiger partial charge in [-0.1, -0.05) is 18.2 Å². The van der Waals surface area contributed by atoms with E-state index in [1.165, 1.54) is 0 Å². The number of nitrogens with zero attached hydrogens (tertiary/aromatic N) is 2. The first-order chi connectivity index (χ1) is 10.3. The highest BCUT2D eigenvalue weighted by Gasteiger charge is 2.04. The molecule has 4 heteroatoms. The average molecular weight is 279 g/mol. The second kappa shape index (κ2) is 5.79. The molecule has 2 heterocycles. The molecule has 106 valence electrons. The normalized spacial score (nSPS) is 10.6. The van der Waals surface area contributed by atoms with E-state index in [2.05, 4.69) is 27.4 Å². The minimum atomic E-state index is 0.652. The summed E-state index contributed by atoms with van der Waals surface area (Å²) in [6.07, 6.45) is 3.65. The lowest BCUT2D eigenvalue weighted by molar-refractivity contribution is 0.419. The smallest absolute Gasteiger partial charge is 0.145 e. The Bertz CT molecular complexity index is 771. The average Bonchev–Trinajstić information content (AvgIpc) is 2.52. The fourth-order valence-electron chi connectivity index (χ4n) is 2.27. The molecule has 0 aliphatic heterocycles. The fraction of sp³-hybridized carbons (Fsp3) is 0.176. The molecule has 0 saturated carbocycles. The zero-order chi connectivity index (χ0) is 14.7. The van der Waals surface area contributed by atoms with Gasteiger partial charge in [0.05, 0.1) is 25.0 Å². The van der Waals surface area contributed by atoms with Gasteiger partial charge in [0.1, 0.15) is 11.3 Å². The molecule has 4 nitrogen and oxygen atoms in total. The summed E-state index contributed by atoms with van der Waals surface area (Å²) >= 11 is 0. The lowest BCUT2D eigenvalue weighted by atomic mass is 10.2. The molecule has 1 N–H and O–H groups in total. The molecule has 0 aliphatic carbocycles. The number of para-hydroxylation sites is 1. The summed E-state index contributed by atoms with van der Waals surface area (Å²) in [5.41, 5.74) is 3.99. The Kier molecular flexibility index (Phi) is 3.69. The third kappa shape index (κ3) is 2.94. The van der Waals surface area contributed by atoms with E-state index >= 15 is 0 Å². The number of hydrogen-bond acceptors (Lipinski definition) is 4. The van der Waals surface area contributed by atoms with Crippen molar-refractivity contribution in [2.45, 2.75) is 13.5 Å². The van der Waals surface area contributed by atoms with Crippen molar-refractivity contribution in [3.8, 4) is 5.75 Å². The van der Waals surface area contributed by atoms with Crippen LogP contribution in [0.1, 0.15) is 11.3 Å². The maximum atomic E-state index is 5.37. The molecule has 1 aromatic carbocycles. The minimum Gasteiger partial charge on any atom is -0.494 e. The number of anilines is 1. The maximum absolute atomic E-state index is 5.37. The molecule has 0 fully saturated rings. The zero-order valence-corrected chi connectivity index (χ0v) is 12.1. The molecule has 0 amide bonds. The summed E-state index contributed by atoms with van der Waals surface area (Å²) in [6, 6.07) is 12.1. The SMILES string of the molecule is COc1cccc2ccc(CNc3cncc(C)c3)nc12. The predicted molar refractivity (Wildman–Crippen MR) is 84.6 cm³/mol. The van der Waals surface area contributed by atoms with E-state index in [0.29, 0.717) is 6.54 Å². The van der Waals surface area contributed by atoms with Gasteiger partial charge in [0.2, 0.25) is 0 Å². The molecule has 3 rings (SSSR count). The molecule has 0 bridgehead atoms. The van der Waals surface area contributed by atoms with Crippen LogP contribution in [0.2, 0.25) is 0 Å². The van der Waals surface area contributed by atoms with Crippen molar-refractivity contribution in [1.82, 2.24) is 9.97 Å². The van der Waals surface area contributed by atoms with Crippen LogP contribution in [0.5, 0.6) is 5.75 Å². The predicted octanol–water partition coefficient (Wildman–Crippen LogP) is 3.56. The Labute approximate surface area is 123 Å². The number of ether oxygens (including phenoxy) is 1. The quantitative estimate of drug-likeness (QED) is 0.793. The Balaban J connectivity index is 1.84. The van der Waals surface area contributed by atoms with Crippen LogP contribution in [0.4, 0.5) is 5.69 Å². The summed E-state index contributed by atoms with van der Waals surface area (Å²) in [5.74, 6) is 0.798. The summed E-state index contributed by atoms with van der Waals surface area (Å²) in [5, 5.41) is 4.42. The second-order valence-corrected chi connectivity index (χ2v) is 4.94. The number of aromatic nitrogens is 2. The van der Waals surface area contributed by atoms with E-state index in [0.717, 1.165) is 33.6 Å². The van der Waals surface area contributed by atoms with Crippen molar-refractivity contribution in [1.29, 1.82) is 0 Å². The number of benzene rings is 1. The Morgan fingerprint density at radius 2 is 2.05 bits per heavy atom. The molecular weight excluding hydrogens is 262 g/mol. The molecule has 3 aromatic rings. The van der Waals surface area contributed by atoms with E-state index in [1.807, 2.05) is 43.6 Å². The third-order valence-corrected chi connectivity index (χ3v) is 3.31. The monoisotopic (exact) mass is 279 g/mol. The topological polar surface area (TPSA) is 47.0 Å². The molecule has 0 saturated heterocycles. The Hall–Kier alpha value is -2.62. The number of rotatable bonds is 4.